The number of carbonyl (C=O) groups excluding carboxylic acids is 1. The number of nitrogens with two attached hydrogens (primary N) is 1. The number of carbonyl (C=O) groups is 1. The van der Waals surface area contributed by atoms with Gasteiger partial charge in [0.2, 0.25) is 0 Å². The van der Waals surface area contributed by atoms with Gasteiger partial charge in [-0.3, -0.25) is 4.79 Å². The topological polar surface area (TPSA) is 52.3 Å². The summed E-state index contributed by atoms with van der Waals surface area (Å²) in [7, 11) is 1.52. The fourth-order valence-electron chi connectivity index (χ4n) is 1.70. The number of nitrogen functional groups attached to an aromatic ring is 1. The summed E-state index contributed by atoms with van der Waals surface area (Å²) in [5.74, 6) is 0.374. The molecule has 0 bridgehead atoms. The molecule has 3 nitrogen and oxygen atoms in total. The van der Waals surface area contributed by atoms with Crippen LogP contribution in [0.3, 0.4) is 0 Å². The molecule has 0 saturated heterocycles. The van der Waals surface area contributed by atoms with E-state index >= 15 is 0 Å². The van der Waals surface area contributed by atoms with Crippen molar-refractivity contribution in [3.8, 4) is 5.75 Å². The van der Waals surface area contributed by atoms with Gasteiger partial charge in [0.1, 0.15) is 5.75 Å². The van der Waals surface area contributed by atoms with E-state index in [0.717, 1.165) is 0 Å². The number of ketones is 1. The molecule has 2 aromatic rings. The summed E-state index contributed by atoms with van der Waals surface area (Å²) in [6.45, 7) is 0. The van der Waals surface area contributed by atoms with E-state index in [-0.39, 0.29) is 5.78 Å². The average molecular weight is 227 g/mol. The van der Waals surface area contributed by atoms with Gasteiger partial charge in [0.25, 0.3) is 0 Å². The molecule has 2 aromatic carbocycles. The van der Waals surface area contributed by atoms with Crippen LogP contribution in [-0.4, -0.2) is 12.9 Å². The molecule has 0 heterocycles. The Morgan fingerprint density at radius 2 is 1.76 bits per heavy atom. The van der Waals surface area contributed by atoms with Crippen LogP contribution in [-0.2, 0) is 0 Å². The molecule has 0 aliphatic heterocycles. The minimum absolute atomic E-state index is 0.124. The molecule has 0 atom stereocenters. The summed E-state index contributed by atoms with van der Waals surface area (Å²) >= 11 is 0. The van der Waals surface area contributed by atoms with Crippen LogP contribution in [0.25, 0.3) is 0 Å². The molecule has 0 unspecified atom stereocenters. The Bertz CT molecular complexity index is 535. The van der Waals surface area contributed by atoms with Crippen LogP contribution in [0, 0.1) is 0 Å². The summed E-state index contributed by atoms with van der Waals surface area (Å²) in [5, 5.41) is 0. The molecule has 0 aliphatic rings. The predicted octanol–water partition coefficient (Wildman–Crippen LogP) is 2.51. The van der Waals surface area contributed by atoms with Gasteiger partial charge in [-0.15, -0.1) is 0 Å². The van der Waals surface area contributed by atoms with E-state index in [0.29, 0.717) is 22.6 Å². The first-order valence-electron chi connectivity index (χ1n) is 5.26. The van der Waals surface area contributed by atoms with Gasteiger partial charge in [-0.2, -0.15) is 0 Å². The van der Waals surface area contributed by atoms with Gasteiger partial charge in [-0.1, -0.05) is 36.4 Å². The van der Waals surface area contributed by atoms with E-state index < -0.39 is 0 Å². The van der Waals surface area contributed by atoms with Crippen LogP contribution >= 0.6 is 0 Å². The van der Waals surface area contributed by atoms with Crippen molar-refractivity contribution in [2.75, 3.05) is 12.8 Å². The maximum Gasteiger partial charge on any atom is 0.198 e. The number of ether oxygens (including phenoxy) is 1. The Balaban J connectivity index is 2.51. The van der Waals surface area contributed by atoms with Crippen LogP contribution in [0.15, 0.2) is 48.5 Å². The highest BCUT2D eigenvalue weighted by Crippen LogP contribution is 2.26. The Morgan fingerprint density at radius 3 is 2.41 bits per heavy atom. The second-order valence-corrected chi connectivity index (χ2v) is 3.62. The minimum Gasteiger partial charge on any atom is -0.496 e. The lowest BCUT2D eigenvalue weighted by molar-refractivity contribution is 0.103. The molecular formula is C14H13NO2. The zero-order valence-corrected chi connectivity index (χ0v) is 9.51. The molecule has 0 aliphatic carbocycles. The van der Waals surface area contributed by atoms with Crippen LogP contribution in [0.2, 0.25) is 0 Å². The normalized spacial score (nSPS) is 9.94. The first-order valence-corrected chi connectivity index (χ1v) is 5.26. The summed E-state index contributed by atoms with van der Waals surface area (Å²) in [6, 6.07) is 14.2. The minimum atomic E-state index is -0.124. The third kappa shape index (κ3) is 2.13. The molecular weight excluding hydrogens is 214 g/mol. The molecule has 2 rings (SSSR count). The summed E-state index contributed by atoms with van der Waals surface area (Å²) in [6.07, 6.45) is 0. The lowest BCUT2D eigenvalue weighted by Gasteiger charge is -2.10. The number of hydrogen-bond donors (Lipinski definition) is 1. The second-order valence-electron chi connectivity index (χ2n) is 3.62. The van der Waals surface area contributed by atoms with Crippen molar-refractivity contribution in [1.82, 2.24) is 0 Å². The molecule has 17 heavy (non-hydrogen) atoms. The molecule has 0 spiro atoms. The standard InChI is InChI=1S/C14H13NO2/c1-17-12-9-5-8-11(15)13(12)14(16)10-6-3-2-4-7-10/h2-9H,15H2,1H3. The highest BCUT2D eigenvalue weighted by atomic mass is 16.5. The van der Waals surface area contributed by atoms with Gasteiger partial charge in [0, 0.05) is 11.3 Å². The average Bonchev–Trinajstić information content (AvgIpc) is 2.38. The van der Waals surface area contributed by atoms with Crippen molar-refractivity contribution in [2.45, 2.75) is 0 Å². The number of hydrogen-bond acceptors (Lipinski definition) is 3. The maximum atomic E-state index is 12.3. The fourth-order valence-corrected chi connectivity index (χ4v) is 1.70. The van der Waals surface area contributed by atoms with Crippen molar-refractivity contribution in [3.05, 3.63) is 59.7 Å². The second kappa shape index (κ2) is 4.70. The molecule has 0 aromatic heterocycles. The van der Waals surface area contributed by atoms with E-state index in [1.807, 2.05) is 18.2 Å². The Hall–Kier alpha value is -2.29. The van der Waals surface area contributed by atoms with Crippen molar-refractivity contribution in [2.24, 2.45) is 0 Å². The number of anilines is 1. The van der Waals surface area contributed by atoms with E-state index in [9.17, 15) is 4.79 Å². The third-order valence-electron chi connectivity index (χ3n) is 2.54. The van der Waals surface area contributed by atoms with E-state index in [1.165, 1.54) is 7.11 Å². The molecule has 0 amide bonds. The van der Waals surface area contributed by atoms with E-state index in [2.05, 4.69) is 0 Å². The van der Waals surface area contributed by atoms with Gasteiger partial charge < -0.3 is 10.5 Å². The van der Waals surface area contributed by atoms with Gasteiger partial charge in [-0.05, 0) is 12.1 Å². The lowest BCUT2D eigenvalue weighted by atomic mass is 10.0. The zero-order valence-electron chi connectivity index (χ0n) is 9.51. The Labute approximate surface area is 99.8 Å². The molecule has 0 saturated carbocycles. The van der Waals surface area contributed by atoms with Gasteiger partial charge >= 0.3 is 0 Å². The molecule has 2 N–H and O–H groups in total. The number of rotatable bonds is 3. The van der Waals surface area contributed by atoms with Gasteiger partial charge in [-0.25, -0.2) is 0 Å². The lowest BCUT2D eigenvalue weighted by Crippen LogP contribution is -2.07. The maximum absolute atomic E-state index is 12.3. The van der Waals surface area contributed by atoms with Crippen molar-refractivity contribution >= 4 is 11.5 Å². The third-order valence-corrected chi connectivity index (χ3v) is 2.54. The first kappa shape index (κ1) is 11.2. The number of benzene rings is 2. The largest absolute Gasteiger partial charge is 0.496 e. The smallest absolute Gasteiger partial charge is 0.198 e. The highest BCUT2D eigenvalue weighted by Gasteiger charge is 2.16. The van der Waals surface area contributed by atoms with Gasteiger partial charge in [0.15, 0.2) is 5.78 Å². The van der Waals surface area contributed by atoms with Crippen LogP contribution in [0.4, 0.5) is 5.69 Å². The van der Waals surface area contributed by atoms with Crippen LogP contribution in [0.1, 0.15) is 15.9 Å². The summed E-state index contributed by atoms with van der Waals surface area (Å²) < 4.78 is 5.17. The Morgan fingerprint density at radius 1 is 1.06 bits per heavy atom. The first-order chi connectivity index (χ1) is 8.24. The molecule has 0 radical (unpaired) electrons. The fraction of sp³-hybridized carbons (Fsp3) is 0.0714. The van der Waals surface area contributed by atoms with Crippen LogP contribution < -0.4 is 10.5 Å². The SMILES string of the molecule is COc1cccc(N)c1C(=O)c1ccccc1. The Kier molecular flexibility index (Phi) is 3.10. The quantitative estimate of drug-likeness (QED) is 0.647. The van der Waals surface area contributed by atoms with Crippen LogP contribution in [0.5, 0.6) is 5.75 Å². The molecule has 3 heteroatoms. The predicted molar refractivity (Wildman–Crippen MR) is 67.3 cm³/mol. The summed E-state index contributed by atoms with van der Waals surface area (Å²) in [4.78, 5) is 12.3. The van der Waals surface area contributed by atoms with Gasteiger partial charge in [0.05, 0.1) is 12.7 Å². The summed E-state index contributed by atoms with van der Waals surface area (Å²) in [5.41, 5.74) is 7.28. The van der Waals surface area contributed by atoms with E-state index in [4.69, 9.17) is 10.5 Å². The molecule has 0 fully saturated rings. The zero-order chi connectivity index (χ0) is 12.3. The monoisotopic (exact) mass is 227 g/mol. The molecule has 86 valence electrons. The van der Waals surface area contributed by atoms with Crippen molar-refractivity contribution in [1.29, 1.82) is 0 Å². The highest BCUT2D eigenvalue weighted by molar-refractivity contribution is 6.13. The number of methoxy groups -OCH3 is 1. The van der Waals surface area contributed by atoms with Crippen molar-refractivity contribution in [3.63, 3.8) is 0 Å². The van der Waals surface area contributed by atoms with E-state index in [1.54, 1.807) is 30.3 Å². The van der Waals surface area contributed by atoms with Crippen molar-refractivity contribution < 1.29 is 9.53 Å².